The average Bonchev–Trinajstić information content (AvgIpc) is 2.41. The van der Waals surface area contributed by atoms with Gasteiger partial charge in [0.05, 0.1) is 12.5 Å². The molecule has 0 heterocycles. The number of alkyl halides is 1. The van der Waals surface area contributed by atoms with Gasteiger partial charge in [-0.2, -0.15) is 0 Å². The van der Waals surface area contributed by atoms with E-state index in [-0.39, 0.29) is 5.38 Å². The van der Waals surface area contributed by atoms with E-state index in [0.717, 1.165) is 21.3 Å². The molecule has 0 aliphatic heterocycles. The Morgan fingerprint density at radius 1 is 1.05 bits per heavy atom. The summed E-state index contributed by atoms with van der Waals surface area (Å²) in [6, 6.07) is 12.2. The summed E-state index contributed by atoms with van der Waals surface area (Å²) >= 11 is 10.1. The van der Waals surface area contributed by atoms with Crippen LogP contribution in [0.25, 0.3) is 0 Å². The van der Waals surface area contributed by atoms with Crippen molar-refractivity contribution in [1.82, 2.24) is 0 Å². The van der Waals surface area contributed by atoms with Crippen LogP contribution in [0.1, 0.15) is 27.6 Å². The van der Waals surface area contributed by atoms with Crippen molar-refractivity contribution >= 4 is 27.5 Å². The van der Waals surface area contributed by atoms with Crippen LogP contribution in [-0.2, 0) is 0 Å². The highest BCUT2D eigenvalue weighted by Gasteiger charge is 2.16. The third-order valence-corrected chi connectivity index (χ3v) is 4.27. The van der Waals surface area contributed by atoms with Crippen LogP contribution in [0, 0.1) is 13.8 Å². The molecule has 2 aromatic carbocycles. The topological polar surface area (TPSA) is 9.23 Å². The smallest absolute Gasteiger partial charge is 0.123 e. The molecule has 0 spiro atoms. The van der Waals surface area contributed by atoms with E-state index in [1.54, 1.807) is 7.11 Å². The molecule has 0 aliphatic rings. The number of ether oxygens (including phenoxy) is 1. The highest BCUT2D eigenvalue weighted by atomic mass is 79.9. The summed E-state index contributed by atoms with van der Waals surface area (Å²) in [6.45, 7) is 4.20. The molecule has 2 rings (SSSR count). The molecule has 2 aromatic rings. The Bertz CT molecular complexity index is 595. The molecule has 0 aromatic heterocycles. The second kappa shape index (κ2) is 5.98. The number of rotatable bonds is 3. The lowest BCUT2D eigenvalue weighted by Gasteiger charge is -2.16. The van der Waals surface area contributed by atoms with Gasteiger partial charge < -0.3 is 4.74 Å². The minimum Gasteiger partial charge on any atom is -0.496 e. The maximum absolute atomic E-state index is 6.61. The van der Waals surface area contributed by atoms with Crippen LogP contribution in [0.5, 0.6) is 5.75 Å². The Kier molecular flexibility index (Phi) is 4.54. The predicted molar refractivity (Wildman–Crippen MR) is 84.3 cm³/mol. The van der Waals surface area contributed by atoms with Crippen molar-refractivity contribution in [2.24, 2.45) is 0 Å². The third-order valence-electron chi connectivity index (χ3n) is 3.29. The Morgan fingerprint density at radius 3 is 2.42 bits per heavy atom. The number of hydrogen-bond acceptors (Lipinski definition) is 1. The Labute approximate surface area is 127 Å². The van der Waals surface area contributed by atoms with Gasteiger partial charge in [0.25, 0.3) is 0 Å². The predicted octanol–water partition coefficient (Wildman–Crippen LogP) is 5.40. The standard InChI is InChI=1S/C16H16BrClO/c1-10-4-5-12(8-11(10)2)16(18)14-9-13(17)6-7-15(14)19-3/h4-9,16H,1-3H3. The first kappa shape index (κ1) is 14.4. The van der Waals surface area contributed by atoms with E-state index < -0.39 is 0 Å². The molecule has 0 saturated carbocycles. The van der Waals surface area contributed by atoms with Gasteiger partial charge in [0.2, 0.25) is 0 Å². The van der Waals surface area contributed by atoms with E-state index in [1.807, 2.05) is 18.2 Å². The van der Waals surface area contributed by atoms with Crippen molar-refractivity contribution in [2.75, 3.05) is 7.11 Å². The fourth-order valence-electron chi connectivity index (χ4n) is 2.01. The van der Waals surface area contributed by atoms with Crippen LogP contribution in [0.15, 0.2) is 40.9 Å². The molecular weight excluding hydrogens is 324 g/mol. The van der Waals surface area contributed by atoms with Crippen molar-refractivity contribution in [3.8, 4) is 5.75 Å². The van der Waals surface area contributed by atoms with Crippen molar-refractivity contribution in [1.29, 1.82) is 0 Å². The summed E-state index contributed by atoms with van der Waals surface area (Å²) in [5.41, 5.74) is 4.58. The number of benzene rings is 2. The lowest BCUT2D eigenvalue weighted by atomic mass is 9.99. The van der Waals surface area contributed by atoms with E-state index in [4.69, 9.17) is 16.3 Å². The quantitative estimate of drug-likeness (QED) is 0.680. The molecule has 0 saturated heterocycles. The molecule has 0 radical (unpaired) electrons. The van der Waals surface area contributed by atoms with Crippen LogP contribution in [0.2, 0.25) is 0 Å². The van der Waals surface area contributed by atoms with Crippen molar-refractivity contribution in [3.05, 3.63) is 63.1 Å². The first-order valence-electron chi connectivity index (χ1n) is 6.07. The Morgan fingerprint density at radius 2 is 1.79 bits per heavy atom. The minimum atomic E-state index is -0.216. The second-order valence-corrected chi connectivity index (χ2v) is 5.94. The van der Waals surface area contributed by atoms with E-state index in [9.17, 15) is 0 Å². The second-order valence-electron chi connectivity index (χ2n) is 4.59. The highest BCUT2D eigenvalue weighted by molar-refractivity contribution is 9.10. The number of methoxy groups -OCH3 is 1. The summed E-state index contributed by atoms with van der Waals surface area (Å²) in [4.78, 5) is 0. The van der Waals surface area contributed by atoms with Crippen LogP contribution >= 0.6 is 27.5 Å². The molecule has 0 aliphatic carbocycles. The molecule has 1 unspecified atom stereocenters. The summed E-state index contributed by atoms with van der Waals surface area (Å²) in [5, 5.41) is -0.216. The fourth-order valence-corrected chi connectivity index (χ4v) is 2.69. The normalized spacial score (nSPS) is 12.3. The van der Waals surface area contributed by atoms with Gasteiger partial charge in [-0.25, -0.2) is 0 Å². The minimum absolute atomic E-state index is 0.216. The summed E-state index contributed by atoms with van der Waals surface area (Å²) in [5.74, 6) is 0.807. The fraction of sp³-hybridized carbons (Fsp3) is 0.250. The van der Waals surface area contributed by atoms with Gasteiger partial charge in [0.1, 0.15) is 5.75 Å². The average molecular weight is 340 g/mol. The van der Waals surface area contributed by atoms with Crippen LogP contribution in [-0.4, -0.2) is 7.11 Å². The van der Waals surface area contributed by atoms with Gasteiger partial charge in [0.15, 0.2) is 0 Å². The number of halogens is 2. The summed E-state index contributed by atoms with van der Waals surface area (Å²) in [6.07, 6.45) is 0. The summed E-state index contributed by atoms with van der Waals surface area (Å²) in [7, 11) is 1.66. The first-order valence-corrected chi connectivity index (χ1v) is 7.30. The van der Waals surface area contributed by atoms with Gasteiger partial charge in [-0.3, -0.25) is 0 Å². The number of hydrogen-bond donors (Lipinski definition) is 0. The molecule has 100 valence electrons. The maximum atomic E-state index is 6.61. The number of aryl methyl sites for hydroxylation is 2. The van der Waals surface area contributed by atoms with Gasteiger partial charge in [0, 0.05) is 10.0 Å². The zero-order valence-electron chi connectivity index (χ0n) is 11.2. The Hall–Kier alpha value is -0.990. The zero-order chi connectivity index (χ0) is 14.0. The Balaban J connectivity index is 2.45. The van der Waals surface area contributed by atoms with E-state index in [1.165, 1.54) is 11.1 Å². The van der Waals surface area contributed by atoms with Crippen molar-refractivity contribution in [3.63, 3.8) is 0 Å². The van der Waals surface area contributed by atoms with Crippen molar-refractivity contribution in [2.45, 2.75) is 19.2 Å². The first-order chi connectivity index (χ1) is 9.02. The van der Waals surface area contributed by atoms with Gasteiger partial charge in [-0.15, -0.1) is 11.6 Å². The molecule has 3 heteroatoms. The lowest BCUT2D eigenvalue weighted by Crippen LogP contribution is -1.98. The van der Waals surface area contributed by atoms with Crippen molar-refractivity contribution < 1.29 is 4.74 Å². The molecule has 0 amide bonds. The largest absolute Gasteiger partial charge is 0.496 e. The van der Waals surface area contributed by atoms with Gasteiger partial charge in [-0.1, -0.05) is 34.1 Å². The molecule has 19 heavy (non-hydrogen) atoms. The van der Waals surface area contributed by atoms with Gasteiger partial charge in [-0.05, 0) is 48.7 Å². The van der Waals surface area contributed by atoms with E-state index in [2.05, 4.69) is 48.0 Å². The monoisotopic (exact) mass is 338 g/mol. The molecular formula is C16H16BrClO. The maximum Gasteiger partial charge on any atom is 0.123 e. The summed E-state index contributed by atoms with van der Waals surface area (Å²) < 4.78 is 6.39. The molecule has 0 bridgehead atoms. The third kappa shape index (κ3) is 3.13. The molecule has 1 nitrogen and oxygen atoms in total. The molecule has 0 fully saturated rings. The SMILES string of the molecule is COc1ccc(Br)cc1C(Cl)c1ccc(C)c(C)c1. The van der Waals surface area contributed by atoms with Crippen LogP contribution < -0.4 is 4.74 Å². The van der Waals surface area contributed by atoms with Crippen LogP contribution in [0.3, 0.4) is 0 Å². The van der Waals surface area contributed by atoms with Gasteiger partial charge >= 0.3 is 0 Å². The lowest BCUT2D eigenvalue weighted by molar-refractivity contribution is 0.410. The molecule has 1 atom stereocenters. The zero-order valence-corrected chi connectivity index (χ0v) is 13.5. The van der Waals surface area contributed by atoms with E-state index in [0.29, 0.717) is 0 Å². The van der Waals surface area contributed by atoms with Crippen LogP contribution in [0.4, 0.5) is 0 Å². The highest BCUT2D eigenvalue weighted by Crippen LogP contribution is 2.37. The van der Waals surface area contributed by atoms with E-state index >= 15 is 0 Å². The molecule has 0 N–H and O–H groups in total.